The minimum atomic E-state index is -0.709. The molecule has 1 fully saturated rings. The van der Waals surface area contributed by atoms with Crippen LogP contribution in [0.1, 0.15) is 24.8 Å². The van der Waals surface area contributed by atoms with Crippen LogP contribution in [0.4, 0.5) is 0 Å². The van der Waals surface area contributed by atoms with Crippen molar-refractivity contribution in [3.63, 3.8) is 0 Å². The van der Waals surface area contributed by atoms with E-state index in [4.69, 9.17) is 4.42 Å². The topological polar surface area (TPSA) is 53.7 Å². The second-order valence-corrected chi connectivity index (χ2v) is 5.02. The number of carboxylic acids is 1. The number of carboxylic acid groups (broad SMARTS) is 1. The van der Waals surface area contributed by atoms with Gasteiger partial charge < -0.3 is 9.52 Å². The van der Waals surface area contributed by atoms with Gasteiger partial charge in [-0.05, 0) is 31.9 Å². The Morgan fingerprint density at radius 3 is 3.11 bits per heavy atom. The lowest BCUT2D eigenvalue weighted by atomic mass is 9.77. The highest BCUT2D eigenvalue weighted by Crippen LogP contribution is 2.34. The molecule has 0 bridgehead atoms. The van der Waals surface area contributed by atoms with Gasteiger partial charge in [-0.25, -0.2) is 0 Å². The number of hydrogen-bond donors (Lipinski definition) is 1. The Morgan fingerprint density at radius 1 is 1.67 bits per heavy atom. The molecule has 1 aliphatic heterocycles. The van der Waals surface area contributed by atoms with E-state index in [1.54, 1.807) is 18.6 Å². The molecule has 0 aliphatic carbocycles. The van der Waals surface area contributed by atoms with Crippen molar-refractivity contribution in [1.29, 1.82) is 0 Å². The Balaban J connectivity index is 2.06. The number of furan rings is 1. The van der Waals surface area contributed by atoms with Gasteiger partial charge in [-0.1, -0.05) is 6.08 Å². The Labute approximate surface area is 107 Å². The molecule has 1 aromatic rings. The highest BCUT2D eigenvalue weighted by atomic mass is 16.4. The number of nitrogens with zero attached hydrogens (tertiary/aromatic N) is 1. The normalized spacial score (nSPS) is 24.9. The van der Waals surface area contributed by atoms with Gasteiger partial charge in [0.25, 0.3) is 0 Å². The predicted octanol–water partition coefficient (Wildman–Crippen LogP) is 2.52. The maximum absolute atomic E-state index is 11.5. The molecule has 4 heteroatoms. The lowest BCUT2D eigenvalue weighted by molar-refractivity contribution is -0.152. The molecule has 1 aromatic heterocycles. The number of aliphatic carboxylic acids is 1. The minimum Gasteiger partial charge on any atom is -0.481 e. The Bertz CT molecular complexity index is 413. The first-order chi connectivity index (χ1) is 8.66. The zero-order chi connectivity index (χ0) is 13.0. The highest BCUT2D eigenvalue weighted by Gasteiger charge is 2.41. The summed E-state index contributed by atoms with van der Waals surface area (Å²) in [6.07, 6.45) is 7.26. The van der Waals surface area contributed by atoms with Crippen molar-refractivity contribution in [2.75, 3.05) is 13.1 Å². The van der Waals surface area contributed by atoms with Gasteiger partial charge in [0.05, 0.1) is 17.9 Å². The van der Waals surface area contributed by atoms with Crippen LogP contribution in [-0.4, -0.2) is 29.1 Å². The minimum absolute atomic E-state index is 0.532. The number of piperidine rings is 1. The first-order valence-corrected chi connectivity index (χ1v) is 6.24. The van der Waals surface area contributed by atoms with E-state index in [1.807, 2.05) is 6.07 Å². The summed E-state index contributed by atoms with van der Waals surface area (Å²) in [6.45, 7) is 5.96. The summed E-state index contributed by atoms with van der Waals surface area (Å²) in [4.78, 5) is 13.7. The largest absolute Gasteiger partial charge is 0.481 e. The average molecular weight is 249 g/mol. The van der Waals surface area contributed by atoms with Crippen LogP contribution in [0.2, 0.25) is 0 Å². The van der Waals surface area contributed by atoms with Crippen LogP contribution in [0, 0.1) is 5.41 Å². The smallest absolute Gasteiger partial charge is 0.311 e. The van der Waals surface area contributed by atoms with Gasteiger partial charge in [-0.3, -0.25) is 9.69 Å². The van der Waals surface area contributed by atoms with Crippen LogP contribution >= 0.6 is 0 Å². The van der Waals surface area contributed by atoms with Gasteiger partial charge in [0, 0.05) is 18.7 Å². The molecular formula is C14H19NO3. The second kappa shape index (κ2) is 5.40. The van der Waals surface area contributed by atoms with E-state index >= 15 is 0 Å². The fraction of sp³-hybridized carbons (Fsp3) is 0.500. The summed E-state index contributed by atoms with van der Waals surface area (Å²) in [6, 6.07) is 1.92. The third-order valence-corrected chi connectivity index (χ3v) is 3.63. The number of likely N-dealkylation sites (tertiary alicyclic amines) is 1. The number of rotatable bonds is 5. The lowest BCUT2D eigenvalue weighted by Gasteiger charge is -2.39. The van der Waals surface area contributed by atoms with Gasteiger partial charge in [0.2, 0.25) is 0 Å². The molecule has 4 nitrogen and oxygen atoms in total. The van der Waals surface area contributed by atoms with Crippen molar-refractivity contribution in [3.05, 3.63) is 36.8 Å². The van der Waals surface area contributed by atoms with E-state index in [0.717, 1.165) is 31.5 Å². The van der Waals surface area contributed by atoms with E-state index in [9.17, 15) is 9.90 Å². The van der Waals surface area contributed by atoms with Crippen molar-refractivity contribution in [3.8, 4) is 0 Å². The summed E-state index contributed by atoms with van der Waals surface area (Å²) in [5, 5.41) is 9.47. The zero-order valence-corrected chi connectivity index (χ0v) is 10.5. The lowest BCUT2D eigenvalue weighted by Crippen LogP contribution is -2.47. The standard InChI is InChI=1S/C14H19NO3/c1-2-5-14(13(16)17)6-3-7-15(11-14)9-12-4-8-18-10-12/h2,4,8,10H,1,3,5-7,9,11H2,(H,16,17)/t14-/m1/s1. The predicted molar refractivity (Wildman–Crippen MR) is 68.1 cm³/mol. The molecule has 0 spiro atoms. The summed E-state index contributed by atoms with van der Waals surface area (Å²) in [5.74, 6) is -0.709. The molecule has 0 unspecified atom stereocenters. The van der Waals surface area contributed by atoms with E-state index in [0.29, 0.717) is 13.0 Å². The number of allylic oxidation sites excluding steroid dienone is 1. The fourth-order valence-corrected chi connectivity index (χ4v) is 2.71. The summed E-state index contributed by atoms with van der Waals surface area (Å²) >= 11 is 0. The first-order valence-electron chi connectivity index (χ1n) is 6.24. The third kappa shape index (κ3) is 2.64. The molecule has 98 valence electrons. The molecule has 18 heavy (non-hydrogen) atoms. The van der Waals surface area contributed by atoms with Crippen molar-refractivity contribution in [1.82, 2.24) is 4.90 Å². The monoisotopic (exact) mass is 249 g/mol. The Morgan fingerprint density at radius 2 is 2.50 bits per heavy atom. The maximum Gasteiger partial charge on any atom is 0.311 e. The highest BCUT2D eigenvalue weighted by molar-refractivity contribution is 5.75. The van der Waals surface area contributed by atoms with Crippen LogP contribution in [0.5, 0.6) is 0 Å². The van der Waals surface area contributed by atoms with Crippen LogP contribution in [0.3, 0.4) is 0 Å². The molecule has 0 amide bonds. The quantitative estimate of drug-likeness (QED) is 0.815. The van der Waals surface area contributed by atoms with Crippen molar-refractivity contribution in [2.45, 2.75) is 25.8 Å². The molecule has 1 atom stereocenters. The third-order valence-electron chi connectivity index (χ3n) is 3.63. The first kappa shape index (κ1) is 12.9. The zero-order valence-electron chi connectivity index (χ0n) is 10.5. The molecular weight excluding hydrogens is 230 g/mol. The van der Waals surface area contributed by atoms with Crippen LogP contribution in [0.15, 0.2) is 35.7 Å². The van der Waals surface area contributed by atoms with Crippen molar-refractivity contribution >= 4 is 5.97 Å². The van der Waals surface area contributed by atoms with Crippen LogP contribution in [-0.2, 0) is 11.3 Å². The van der Waals surface area contributed by atoms with E-state index in [-0.39, 0.29) is 0 Å². The molecule has 1 N–H and O–H groups in total. The average Bonchev–Trinajstić information content (AvgIpc) is 2.82. The molecule has 2 heterocycles. The molecule has 2 rings (SSSR count). The Hall–Kier alpha value is -1.55. The van der Waals surface area contributed by atoms with E-state index in [1.165, 1.54) is 0 Å². The van der Waals surface area contributed by atoms with Crippen LogP contribution < -0.4 is 0 Å². The van der Waals surface area contributed by atoms with Gasteiger partial charge in [0.15, 0.2) is 0 Å². The maximum atomic E-state index is 11.5. The number of carbonyl (C=O) groups is 1. The van der Waals surface area contributed by atoms with Gasteiger partial charge in [-0.15, -0.1) is 6.58 Å². The second-order valence-electron chi connectivity index (χ2n) is 5.02. The van der Waals surface area contributed by atoms with Gasteiger partial charge in [-0.2, -0.15) is 0 Å². The van der Waals surface area contributed by atoms with Crippen LogP contribution in [0.25, 0.3) is 0 Å². The molecule has 0 radical (unpaired) electrons. The Kier molecular flexibility index (Phi) is 3.87. The van der Waals surface area contributed by atoms with Gasteiger partial charge in [0.1, 0.15) is 0 Å². The molecule has 1 saturated heterocycles. The fourth-order valence-electron chi connectivity index (χ4n) is 2.71. The van der Waals surface area contributed by atoms with E-state index < -0.39 is 11.4 Å². The SMILES string of the molecule is C=CC[C@@]1(C(=O)O)CCCN(Cc2ccoc2)C1. The summed E-state index contributed by atoms with van der Waals surface area (Å²) < 4.78 is 5.04. The van der Waals surface area contributed by atoms with E-state index in [2.05, 4.69) is 11.5 Å². The van der Waals surface area contributed by atoms with Gasteiger partial charge >= 0.3 is 5.97 Å². The molecule has 0 aromatic carbocycles. The summed E-state index contributed by atoms with van der Waals surface area (Å²) in [7, 11) is 0. The van der Waals surface area contributed by atoms with Crippen molar-refractivity contribution < 1.29 is 14.3 Å². The molecule has 1 aliphatic rings. The summed E-state index contributed by atoms with van der Waals surface area (Å²) in [5.41, 5.74) is 0.429. The number of hydrogen-bond acceptors (Lipinski definition) is 3. The molecule has 0 saturated carbocycles. The van der Waals surface area contributed by atoms with Crippen molar-refractivity contribution in [2.24, 2.45) is 5.41 Å².